The highest BCUT2D eigenvalue weighted by molar-refractivity contribution is 6.06. The molecule has 21 heavy (non-hydrogen) atoms. The number of benzene rings is 2. The molecule has 3 rings (SSSR count). The van der Waals surface area contributed by atoms with Gasteiger partial charge in [-0.25, -0.2) is 4.79 Å². The van der Waals surface area contributed by atoms with Crippen molar-refractivity contribution in [1.29, 1.82) is 0 Å². The molecule has 0 atom stereocenters. The smallest absolute Gasteiger partial charge is 0.352 e. The molecule has 0 unspecified atom stereocenters. The molecular formula is C17H15NO3. The van der Waals surface area contributed by atoms with Crippen molar-refractivity contribution in [3.63, 3.8) is 0 Å². The molecule has 4 nitrogen and oxygen atoms in total. The molecule has 0 spiro atoms. The van der Waals surface area contributed by atoms with E-state index in [0.717, 1.165) is 21.9 Å². The van der Waals surface area contributed by atoms with Crippen LogP contribution in [0.3, 0.4) is 0 Å². The van der Waals surface area contributed by atoms with Crippen LogP contribution in [-0.2, 0) is 0 Å². The Kier molecular flexibility index (Phi) is 3.14. The number of carbonyl (C=O) groups is 1. The van der Waals surface area contributed by atoms with E-state index in [-0.39, 0.29) is 5.69 Å². The molecule has 0 aliphatic rings. The maximum absolute atomic E-state index is 11.5. The second-order valence-electron chi connectivity index (χ2n) is 4.89. The van der Waals surface area contributed by atoms with Crippen molar-refractivity contribution in [3.8, 4) is 16.9 Å². The molecule has 2 aromatic carbocycles. The Morgan fingerprint density at radius 2 is 1.90 bits per heavy atom. The van der Waals surface area contributed by atoms with E-state index in [9.17, 15) is 9.90 Å². The summed E-state index contributed by atoms with van der Waals surface area (Å²) in [7, 11) is 1.59. The zero-order valence-electron chi connectivity index (χ0n) is 11.8. The van der Waals surface area contributed by atoms with Gasteiger partial charge in [0.25, 0.3) is 0 Å². The fourth-order valence-electron chi connectivity index (χ4n) is 2.69. The van der Waals surface area contributed by atoms with Gasteiger partial charge in [0.2, 0.25) is 0 Å². The number of carboxylic acids is 1. The monoisotopic (exact) mass is 281 g/mol. The Hall–Kier alpha value is -2.75. The Morgan fingerprint density at radius 1 is 1.14 bits per heavy atom. The number of methoxy groups -OCH3 is 1. The fourth-order valence-corrected chi connectivity index (χ4v) is 2.69. The van der Waals surface area contributed by atoms with Crippen LogP contribution in [0.4, 0.5) is 0 Å². The number of aromatic nitrogens is 1. The minimum Gasteiger partial charge on any atom is -0.496 e. The molecule has 1 heterocycles. The number of ether oxygens (including phenoxy) is 1. The number of carboxylic acid groups (broad SMARTS) is 1. The van der Waals surface area contributed by atoms with Crippen LogP contribution in [0.25, 0.3) is 21.9 Å². The first-order valence-corrected chi connectivity index (χ1v) is 6.61. The topological polar surface area (TPSA) is 62.3 Å². The van der Waals surface area contributed by atoms with E-state index in [4.69, 9.17) is 4.74 Å². The highest BCUT2D eigenvalue weighted by atomic mass is 16.5. The van der Waals surface area contributed by atoms with Crippen molar-refractivity contribution < 1.29 is 14.6 Å². The van der Waals surface area contributed by atoms with Crippen molar-refractivity contribution in [1.82, 2.24) is 4.98 Å². The van der Waals surface area contributed by atoms with E-state index >= 15 is 0 Å². The largest absolute Gasteiger partial charge is 0.496 e. The summed E-state index contributed by atoms with van der Waals surface area (Å²) in [5.41, 5.74) is 2.55. The van der Waals surface area contributed by atoms with Crippen LogP contribution >= 0.6 is 0 Å². The van der Waals surface area contributed by atoms with Gasteiger partial charge in [0.1, 0.15) is 11.4 Å². The maximum Gasteiger partial charge on any atom is 0.352 e. The summed E-state index contributed by atoms with van der Waals surface area (Å²) in [6.07, 6.45) is 1.71. The summed E-state index contributed by atoms with van der Waals surface area (Å²) >= 11 is 0. The van der Waals surface area contributed by atoms with E-state index in [1.54, 1.807) is 13.3 Å². The number of nitrogens with one attached hydrogen (secondary N) is 1. The van der Waals surface area contributed by atoms with Gasteiger partial charge < -0.3 is 14.8 Å². The Balaban J connectivity index is 2.44. The number of aromatic carboxylic acids is 1. The van der Waals surface area contributed by atoms with Gasteiger partial charge in [0.05, 0.1) is 7.11 Å². The van der Waals surface area contributed by atoms with Crippen LogP contribution in [0.1, 0.15) is 16.1 Å². The summed E-state index contributed by atoms with van der Waals surface area (Å²) in [5, 5.41) is 11.4. The molecule has 4 heteroatoms. The second-order valence-corrected chi connectivity index (χ2v) is 4.89. The second kappa shape index (κ2) is 4.98. The number of aromatic amines is 1. The van der Waals surface area contributed by atoms with Crippen LogP contribution in [-0.4, -0.2) is 23.2 Å². The van der Waals surface area contributed by atoms with Crippen LogP contribution in [0.15, 0.2) is 42.6 Å². The minimum absolute atomic E-state index is 0.183. The molecule has 0 radical (unpaired) electrons. The van der Waals surface area contributed by atoms with Gasteiger partial charge in [-0.3, -0.25) is 0 Å². The summed E-state index contributed by atoms with van der Waals surface area (Å²) in [6.45, 7) is 1.89. The Morgan fingerprint density at radius 3 is 2.62 bits per heavy atom. The first-order valence-electron chi connectivity index (χ1n) is 6.61. The lowest BCUT2D eigenvalue weighted by molar-refractivity contribution is 0.0692. The number of fused-ring (bicyclic) bond motifs is 1. The molecule has 1 aromatic heterocycles. The number of H-pyrrole nitrogens is 1. The fraction of sp³-hybridized carbons (Fsp3) is 0.118. The van der Waals surface area contributed by atoms with Crippen molar-refractivity contribution in [2.45, 2.75) is 6.92 Å². The Labute approximate surface area is 122 Å². The molecule has 0 amide bonds. The predicted octanol–water partition coefficient (Wildman–Crippen LogP) is 3.85. The maximum atomic E-state index is 11.5. The third-order valence-corrected chi connectivity index (χ3v) is 3.65. The molecular weight excluding hydrogens is 266 g/mol. The molecule has 0 aliphatic carbocycles. The quantitative estimate of drug-likeness (QED) is 0.766. The molecule has 0 saturated heterocycles. The van der Waals surface area contributed by atoms with Crippen molar-refractivity contribution in [3.05, 3.63) is 53.9 Å². The standard InChI is InChI=1S/C17H15NO3/c1-10-9-18-16(17(19)20)14(10)15-12-6-4-3-5-11(12)7-8-13(15)21-2/h3-9,18H,1-2H3,(H,19,20). The highest BCUT2D eigenvalue weighted by Gasteiger charge is 2.21. The Bertz CT molecular complexity index is 833. The summed E-state index contributed by atoms with van der Waals surface area (Å²) in [6, 6.07) is 11.7. The summed E-state index contributed by atoms with van der Waals surface area (Å²) in [4.78, 5) is 14.3. The SMILES string of the molecule is COc1ccc2ccccc2c1-c1c(C)c[nH]c1C(=O)O. The third-order valence-electron chi connectivity index (χ3n) is 3.65. The van der Waals surface area contributed by atoms with Crippen LogP contribution in [0.5, 0.6) is 5.75 Å². The summed E-state index contributed by atoms with van der Waals surface area (Å²) in [5.74, 6) is -0.313. The minimum atomic E-state index is -0.979. The van der Waals surface area contributed by atoms with Gasteiger partial charge in [-0.05, 0) is 29.3 Å². The normalized spacial score (nSPS) is 10.8. The molecule has 106 valence electrons. The van der Waals surface area contributed by atoms with Crippen molar-refractivity contribution >= 4 is 16.7 Å². The van der Waals surface area contributed by atoms with E-state index in [1.807, 2.05) is 43.3 Å². The lowest BCUT2D eigenvalue weighted by Gasteiger charge is -2.13. The molecule has 0 fully saturated rings. The van der Waals surface area contributed by atoms with Crippen LogP contribution in [0.2, 0.25) is 0 Å². The molecule has 0 bridgehead atoms. The van der Waals surface area contributed by atoms with E-state index in [1.165, 1.54) is 0 Å². The number of rotatable bonds is 3. The first kappa shape index (κ1) is 13.2. The summed E-state index contributed by atoms with van der Waals surface area (Å²) < 4.78 is 5.46. The van der Waals surface area contributed by atoms with Crippen LogP contribution in [0, 0.1) is 6.92 Å². The zero-order chi connectivity index (χ0) is 15.0. The third kappa shape index (κ3) is 2.05. The van der Waals surface area contributed by atoms with Gasteiger partial charge in [-0.2, -0.15) is 0 Å². The van der Waals surface area contributed by atoms with Crippen LogP contribution < -0.4 is 4.74 Å². The number of aryl methyl sites for hydroxylation is 1. The first-order chi connectivity index (χ1) is 10.1. The number of hydrogen-bond donors (Lipinski definition) is 2. The highest BCUT2D eigenvalue weighted by Crippen LogP contribution is 2.40. The van der Waals surface area contributed by atoms with Crippen molar-refractivity contribution in [2.24, 2.45) is 0 Å². The van der Waals surface area contributed by atoms with E-state index in [2.05, 4.69) is 4.98 Å². The number of hydrogen-bond acceptors (Lipinski definition) is 2. The van der Waals surface area contributed by atoms with Crippen molar-refractivity contribution in [2.75, 3.05) is 7.11 Å². The van der Waals surface area contributed by atoms with E-state index in [0.29, 0.717) is 11.3 Å². The average Bonchev–Trinajstić information content (AvgIpc) is 2.87. The molecule has 3 aromatic rings. The van der Waals surface area contributed by atoms with Gasteiger partial charge in [0.15, 0.2) is 0 Å². The van der Waals surface area contributed by atoms with Gasteiger partial charge in [-0.1, -0.05) is 30.3 Å². The van der Waals surface area contributed by atoms with E-state index < -0.39 is 5.97 Å². The lowest BCUT2D eigenvalue weighted by atomic mass is 9.95. The average molecular weight is 281 g/mol. The van der Waals surface area contributed by atoms with Gasteiger partial charge >= 0.3 is 5.97 Å². The van der Waals surface area contributed by atoms with Gasteiger partial charge in [0, 0.05) is 17.3 Å². The zero-order valence-corrected chi connectivity index (χ0v) is 11.8. The molecule has 0 saturated carbocycles. The van der Waals surface area contributed by atoms with Gasteiger partial charge in [-0.15, -0.1) is 0 Å². The molecule has 0 aliphatic heterocycles. The molecule has 2 N–H and O–H groups in total. The predicted molar refractivity (Wildman–Crippen MR) is 82.0 cm³/mol. The lowest BCUT2D eigenvalue weighted by Crippen LogP contribution is -2.00.